The van der Waals surface area contributed by atoms with Crippen LogP contribution >= 0.6 is 0 Å². The van der Waals surface area contributed by atoms with Crippen molar-refractivity contribution in [3.05, 3.63) is 69.3 Å². The highest BCUT2D eigenvalue weighted by Gasteiger charge is 2.39. The Morgan fingerprint density at radius 3 is 1.85 bits per heavy atom. The van der Waals surface area contributed by atoms with Gasteiger partial charge >= 0.3 is 11.9 Å². The number of carboxylic acids is 2. The Hall–Kier alpha value is -3.28. The molecule has 2 aromatic carbocycles. The van der Waals surface area contributed by atoms with Crippen molar-refractivity contribution in [2.75, 3.05) is 0 Å². The zero-order valence-electron chi connectivity index (χ0n) is 14.4. The van der Waals surface area contributed by atoms with E-state index in [1.165, 1.54) is 12.1 Å². The number of ketones is 2. The van der Waals surface area contributed by atoms with Crippen LogP contribution in [0, 0.1) is 0 Å². The molecule has 0 saturated carbocycles. The molecule has 26 heavy (non-hydrogen) atoms. The molecular formula is C20H16O6. The van der Waals surface area contributed by atoms with Gasteiger partial charge in [0.05, 0.1) is 11.1 Å². The second kappa shape index (κ2) is 5.62. The Balaban J connectivity index is 2.53. The van der Waals surface area contributed by atoms with Crippen LogP contribution in [0.3, 0.4) is 0 Å². The number of benzene rings is 2. The summed E-state index contributed by atoms with van der Waals surface area (Å²) in [5.41, 5.74) is -1.48. The van der Waals surface area contributed by atoms with Crippen LogP contribution < -0.4 is 0 Å². The van der Waals surface area contributed by atoms with Crippen molar-refractivity contribution in [1.82, 2.24) is 0 Å². The first-order valence-corrected chi connectivity index (χ1v) is 7.92. The van der Waals surface area contributed by atoms with E-state index in [-0.39, 0.29) is 27.8 Å². The van der Waals surface area contributed by atoms with Crippen LogP contribution in [0.2, 0.25) is 0 Å². The molecule has 0 bridgehead atoms. The topological polar surface area (TPSA) is 109 Å². The van der Waals surface area contributed by atoms with Crippen molar-refractivity contribution >= 4 is 23.5 Å². The maximum Gasteiger partial charge on any atom is 0.336 e. The molecule has 2 N–H and O–H groups in total. The molecule has 0 aliphatic heterocycles. The van der Waals surface area contributed by atoms with Crippen LogP contribution in [0.1, 0.15) is 78.9 Å². The van der Waals surface area contributed by atoms with Crippen molar-refractivity contribution in [3.63, 3.8) is 0 Å². The van der Waals surface area contributed by atoms with E-state index in [2.05, 4.69) is 0 Å². The minimum Gasteiger partial charge on any atom is -0.478 e. The average Bonchev–Trinajstić information content (AvgIpc) is 2.56. The number of hydrogen-bond donors (Lipinski definition) is 2. The lowest BCUT2D eigenvalue weighted by atomic mass is 9.72. The quantitative estimate of drug-likeness (QED) is 0.733. The lowest BCUT2D eigenvalue weighted by Gasteiger charge is -2.29. The third-order valence-corrected chi connectivity index (χ3v) is 4.41. The largest absolute Gasteiger partial charge is 0.478 e. The van der Waals surface area contributed by atoms with Gasteiger partial charge in [-0.15, -0.1) is 0 Å². The molecule has 3 rings (SSSR count). The standard InChI is InChI=1S/C20H16O6/c1-20(2,3)15-13-11(8-12(18(23)24)14(15)19(25)26)16(21)9-6-4-5-7-10(9)17(13)22/h4-8H,1-3H3,(H,23,24)(H,25,26). The molecule has 1 aliphatic rings. The summed E-state index contributed by atoms with van der Waals surface area (Å²) in [6.45, 7) is 5.04. The maximum atomic E-state index is 13.1. The summed E-state index contributed by atoms with van der Waals surface area (Å²) < 4.78 is 0. The number of carbonyl (C=O) groups is 4. The SMILES string of the molecule is CC(C)(C)c1c(C(=O)O)c(C(=O)O)cc2c1C(=O)c1ccccc1C2=O. The Morgan fingerprint density at radius 1 is 0.846 bits per heavy atom. The third kappa shape index (κ3) is 2.42. The fourth-order valence-corrected chi connectivity index (χ4v) is 3.40. The molecule has 132 valence electrons. The Labute approximate surface area is 149 Å². The number of carboxylic acid groups (broad SMARTS) is 2. The van der Waals surface area contributed by atoms with E-state index in [9.17, 15) is 29.4 Å². The van der Waals surface area contributed by atoms with Crippen LogP contribution in [0.4, 0.5) is 0 Å². The monoisotopic (exact) mass is 352 g/mol. The molecule has 0 atom stereocenters. The molecule has 2 aromatic rings. The molecule has 6 nitrogen and oxygen atoms in total. The average molecular weight is 352 g/mol. The molecule has 0 unspecified atom stereocenters. The Bertz CT molecular complexity index is 1010. The molecular weight excluding hydrogens is 336 g/mol. The smallest absolute Gasteiger partial charge is 0.336 e. The second-order valence-electron chi connectivity index (χ2n) is 7.16. The lowest BCUT2D eigenvalue weighted by Crippen LogP contribution is -2.30. The van der Waals surface area contributed by atoms with Gasteiger partial charge in [0, 0.05) is 22.3 Å². The van der Waals surface area contributed by atoms with Gasteiger partial charge in [-0.05, 0) is 17.0 Å². The number of fused-ring (bicyclic) bond motifs is 2. The Kier molecular flexibility index (Phi) is 3.79. The lowest BCUT2D eigenvalue weighted by molar-refractivity contribution is 0.0649. The van der Waals surface area contributed by atoms with E-state index in [1.54, 1.807) is 32.9 Å². The van der Waals surface area contributed by atoms with Crippen LogP contribution in [-0.2, 0) is 5.41 Å². The summed E-state index contributed by atoms with van der Waals surface area (Å²) in [6.07, 6.45) is 0. The van der Waals surface area contributed by atoms with E-state index < -0.39 is 40.0 Å². The van der Waals surface area contributed by atoms with Crippen molar-refractivity contribution in [3.8, 4) is 0 Å². The van der Waals surface area contributed by atoms with Crippen molar-refractivity contribution in [2.45, 2.75) is 26.2 Å². The molecule has 0 spiro atoms. The highest BCUT2D eigenvalue weighted by atomic mass is 16.4. The minimum absolute atomic E-state index is 0.0244. The maximum absolute atomic E-state index is 13.1. The number of aromatic carboxylic acids is 2. The molecule has 1 aliphatic carbocycles. The summed E-state index contributed by atoms with van der Waals surface area (Å²) >= 11 is 0. The summed E-state index contributed by atoms with van der Waals surface area (Å²) in [5, 5.41) is 19.1. The fraction of sp³-hybridized carbons (Fsp3) is 0.200. The Morgan fingerprint density at radius 2 is 1.38 bits per heavy atom. The van der Waals surface area contributed by atoms with Gasteiger partial charge in [-0.3, -0.25) is 9.59 Å². The van der Waals surface area contributed by atoms with Gasteiger partial charge in [0.15, 0.2) is 11.6 Å². The van der Waals surface area contributed by atoms with Gasteiger partial charge < -0.3 is 10.2 Å². The van der Waals surface area contributed by atoms with Gasteiger partial charge in [-0.2, -0.15) is 0 Å². The van der Waals surface area contributed by atoms with Crippen molar-refractivity contribution < 1.29 is 29.4 Å². The zero-order valence-corrected chi connectivity index (χ0v) is 14.4. The molecule has 6 heteroatoms. The first kappa shape index (κ1) is 17.5. The van der Waals surface area contributed by atoms with E-state index >= 15 is 0 Å². The van der Waals surface area contributed by atoms with E-state index in [4.69, 9.17) is 0 Å². The van der Waals surface area contributed by atoms with Crippen LogP contribution in [0.25, 0.3) is 0 Å². The first-order chi connectivity index (χ1) is 12.1. The second-order valence-corrected chi connectivity index (χ2v) is 7.16. The molecule has 0 aromatic heterocycles. The fourth-order valence-electron chi connectivity index (χ4n) is 3.40. The highest BCUT2D eigenvalue weighted by Crippen LogP contribution is 2.39. The number of carbonyl (C=O) groups excluding carboxylic acids is 2. The van der Waals surface area contributed by atoms with Gasteiger partial charge in [0.2, 0.25) is 0 Å². The molecule has 0 fully saturated rings. The normalized spacial score (nSPS) is 13.2. The molecule has 0 amide bonds. The predicted octanol–water partition coefficient (Wildman–Crippen LogP) is 3.16. The van der Waals surface area contributed by atoms with Crippen LogP contribution in [0.15, 0.2) is 30.3 Å². The van der Waals surface area contributed by atoms with E-state index in [0.29, 0.717) is 0 Å². The van der Waals surface area contributed by atoms with Gasteiger partial charge in [0.1, 0.15) is 0 Å². The van der Waals surface area contributed by atoms with Gasteiger partial charge in [-0.25, -0.2) is 9.59 Å². The van der Waals surface area contributed by atoms with E-state index in [1.807, 2.05) is 0 Å². The number of hydrogen-bond acceptors (Lipinski definition) is 4. The molecule has 0 saturated heterocycles. The highest BCUT2D eigenvalue weighted by molar-refractivity contribution is 6.30. The first-order valence-electron chi connectivity index (χ1n) is 7.92. The van der Waals surface area contributed by atoms with Crippen LogP contribution in [0.5, 0.6) is 0 Å². The van der Waals surface area contributed by atoms with Crippen molar-refractivity contribution in [2.24, 2.45) is 0 Å². The predicted molar refractivity (Wildman–Crippen MR) is 92.4 cm³/mol. The number of rotatable bonds is 2. The van der Waals surface area contributed by atoms with E-state index in [0.717, 1.165) is 6.07 Å². The zero-order chi connectivity index (χ0) is 19.4. The summed E-state index contributed by atoms with van der Waals surface area (Å²) in [4.78, 5) is 49.5. The molecule has 0 heterocycles. The van der Waals surface area contributed by atoms with Crippen molar-refractivity contribution in [1.29, 1.82) is 0 Å². The van der Waals surface area contributed by atoms with Gasteiger partial charge in [0.25, 0.3) is 0 Å². The third-order valence-electron chi connectivity index (χ3n) is 4.41. The minimum atomic E-state index is -1.46. The summed E-state index contributed by atoms with van der Waals surface area (Å²) in [7, 11) is 0. The molecule has 0 radical (unpaired) electrons. The summed E-state index contributed by atoms with van der Waals surface area (Å²) in [6, 6.07) is 7.25. The van der Waals surface area contributed by atoms with Crippen LogP contribution in [-0.4, -0.2) is 33.7 Å². The van der Waals surface area contributed by atoms with Gasteiger partial charge in [-0.1, -0.05) is 45.0 Å². The summed E-state index contributed by atoms with van der Waals surface area (Å²) in [5.74, 6) is -3.87.